The first-order valence-electron chi connectivity index (χ1n) is 10.9. The summed E-state index contributed by atoms with van der Waals surface area (Å²) < 4.78 is 10.5. The number of ketones is 1. The number of fused-ring (bicyclic) bond motifs is 1. The lowest BCUT2D eigenvalue weighted by atomic mass is 9.99. The van der Waals surface area contributed by atoms with Crippen molar-refractivity contribution in [2.45, 2.75) is 25.7 Å². The van der Waals surface area contributed by atoms with E-state index < -0.39 is 0 Å². The number of nitrogens with zero attached hydrogens (tertiary/aromatic N) is 2. The number of hydrogen-bond donors (Lipinski definition) is 1. The van der Waals surface area contributed by atoms with E-state index in [2.05, 4.69) is 23.1 Å². The number of ether oxygens (including phenoxy) is 2. The summed E-state index contributed by atoms with van der Waals surface area (Å²) in [4.78, 5) is 15.0. The predicted molar refractivity (Wildman–Crippen MR) is 122 cm³/mol. The van der Waals surface area contributed by atoms with Crippen LogP contribution in [0.1, 0.15) is 31.2 Å². The highest BCUT2D eigenvalue weighted by molar-refractivity contribution is 6.06. The Bertz CT molecular complexity index is 942. The number of aliphatic hydroxyl groups excluding tert-OH is 1. The van der Waals surface area contributed by atoms with Gasteiger partial charge in [-0.05, 0) is 36.3 Å². The Morgan fingerprint density at radius 2 is 1.81 bits per heavy atom. The first-order chi connectivity index (χ1) is 15.2. The molecule has 31 heavy (non-hydrogen) atoms. The van der Waals surface area contributed by atoms with Crippen molar-refractivity contribution in [1.29, 1.82) is 5.26 Å². The summed E-state index contributed by atoms with van der Waals surface area (Å²) in [6.45, 7) is 3.54. The minimum absolute atomic E-state index is 0.00550. The summed E-state index contributed by atoms with van der Waals surface area (Å²) in [7, 11) is 0. The van der Waals surface area contributed by atoms with Gasteiger partial charge in [0.15, 0.2) is 5.78 Å². The van der Waals surface area contributed by atoms with Crippen molar-refractivity contribution >= 4 is 28.3 Å². The molecule has 1 fully saturated rings. The van der Waals surface area contributed by atoms with Crippen LogP contribution >= 0.6 is 0 Å². The molecule has 0 radical (unpaired) electrons. The van der Waals surface area contributed by atoms with Gasteiger partial charge in [0.05, 0.1) is 37.7 Å². The second kappa shape index (κ2) is 12.2. The number of carbonyl (C=O) groups excluding carboxylic acids is 1. The zero-order chi connectivity index (χ0) is 21.9. The molecule has 1 N–H and O–H groups in total. The molecule has 2 aromatic rings. The number of Topliss-reactive ketones (excluding diaryl/α,β-unsaturated/α-hetero) is 1. The lowest BCUT2D eigenvalue weighted by molar-refractivity contribution is -0.115. The van der Waals surface area contributed by atoms with Crippen LogP contribution in [-0.4, -0.2) is 57.0 Å². The van der Waals surface area contributed by atoms with E-state index in [0.717, 1.165) is 48.0 Å². The third-order valence-corrected chi connectivity index (χ3v) is 5.37. The van der Waals surface area contributed by atoms with Crippen molar-refractivity contribution in [1.82, 2.24) is 0 Å². The quantitative estimate of drug-likeness (QED) is 0.319. The van der Waals surface area contributed by atoms with E-state index in [9.17, 15) is 10.1 Å². The molecular weight excluding hydrogens is 392 g/mol. The summed E-state index contributed by atoms with van der Waals surface area (Å²) in [5.41, 5.74) is 2.21. The molecule has 0 aromatic heterocycles. The molecule has 0 unspecified atom stereocenters. The lowest BCUT2D eigenvalue weighted by Gasteiger charge is -2.22. The molecule has 0 atom stereocenters. The fourth-order valence-corrected chi connectivity index (χ4v) is 3.87. The topological polar surface area (TPSA) is 82.8 Å². The minimum atomic E-state index is -0.164. The van der Waals surface area contributed by atoms with Gasteiger partial charge in [-0.25, -0.2) is 0 Å². The monoisotopic (exact) mass is 422 g/mol. The van der Waals surface area contributed by atoms with Gasteiger partial charge in [-0.15, -0.1) is 0 Å². The molecule has 0 spiro atoms. The van der Waals surface area contributed by atoms with Crippen LogP contribution in [-0.2, 0) is 14.3 Å². The Kier molecular flexibility index (Phi) is 9.04. The van der Waals surface area contributed by atoms with Crippen molar-refractivity contribution in [2.75, 3.05) is 51.0 Å². The number of aliphatic hydroxyl groups is 1. The number of rotatable bonds is 12. The minimum Gasteiger partial charge on any atom is -0.394 e. The van der Waals surface area contributed by atoms with Crippen LogP contribution in [0.2, 0.25) is 0 Å². The van der Waals surface area contributed by atoms with Gasteiger partial charge in [-0.2, -0.15) is 5.26 Å². The SMILES string of the molecule is N#C/C(=C\c1ccc2ccccc2c1N1CCCC1)C(=O)CCCOCCOCCO. The molecule has 0 bridgehead atoms. The fourth-order valence-electron chi connectivity index (χ4n) is 3.87. The fraction of sp³-hybridized carbons (Fsp3) is 0.440. The highest BCUT2D eigenvalue weighted by Gasteiger charge is 2.19. The average molecular weight is 423 g/mol. The summed E-state index contributed by atoms with van der Waals surface area (Å²) in [6, 6.07) is 14.4. The highest BCUT2D eigenvalue weighted by Crippen LogP contribution is 2.34. The maximum Gasteiger partial charge on any atom is 0.173 e. The standard InChI is InChI=1S/C25H30N2O4/c26-19-22(24(29)8-5-14-30-16-17-31-15-13-28)18-21-10-9-20-6-1-2-7-23(20)25(21)27-11-3-4-12-27/h1-2,6-7,9-10,18,28H,3-5,8,11-17H2/b22-18+. The molecule has 1 heterocycles. The van der Waals surface area contributed by atoms with Gasteiger partial charge >= 0.3 is 0 Å². The Balaban J connectivity index is 1.68. The van der Waals surface area contributed by atoms with E-state index in [-0.39, 0.29) is 24.4 Å². The number of anilines is 1. The Hall–Kier alpha value is -2.72. The smallest absolute Gasteiger partial charge is 0.173 e. The van der Waals surface area contributed by atoms with E-state index in [1.54, 1.807) is 6.08 Å². The molecule has 164 valence electrons. The summed E-state index contributed by atoms with van der Waals surface area (Å²) >= 11 is 0. The normalized spacial score (nSPS) is 14.2. The molecule has 1 saturated heterocycles. The number of hydrogen-bond acceptors (Lipinski definition) is 6. The molecule has 1 aliphatic heterocycles. The summed E-state index contributed by atoms with van der Waals surface area (Å²) in [5, 5.41) is 20.6. The van der Waals surface area contributed by atoms with E-state index >= 15 is 0 Å². The van der Waals surface area contributed by atoms with Crippen LogP contribution in [0.25, 0.3) is 16.8 Å². The van der Waals surface area contributed by atoms with Gasteiger partial charge in [0.25, 0.3) is 0 Å². The number of carbonyl (C=O) groups is 1. The van der Waals surface area contributed by atoms with Crippen LogP contribution in [0, 0.1) is 11.3 Å². The van der Waals surface area contributed by atoms with Crippen LogP contribution < -0.4 is 4.90 Å². The van der Waals surface area contributed by atoms with Gasteiger partial charge in [0, 0.05) is 31.5 Å². The van der Waals surface area contributed by atoms with Crippen LogP contribution in [0.15, 0.2) is 42.0 Å². The first kappa shape index (κ1) is 23.0. The maximum atomic E-state index is 12.6. The van der Waals surface area contributed by atoms with Crippen molar-refractivity contribution < 1.29 is 19.4 Å². The maximum absolute atomic E-state index is 12.6. The number of allylic oxidation sites excluding steroid dienone is 1. The molecule has 3 rings (SSSR count). The van der Waals surface area contributed by atoms with E-state index in [1.807, 2.05) is 24.3 Å². The zero-order valence-electron chi connectivity index (χ0n) is 17.9. The van der Waals surface area contributed by atoms with Gasteiger partial charge in [0.2, 0.25) is 0 Å². The molecule has 6 nitrogen and oxygen atoms in total. The largest absolute Gasteiger partial charge is 0.394 e. The Morgan fingerprint density at radius 3 is 2.55 bits per heavy atom. The number of benzene rings is 2. The van der Waals surface area contributed by atoms with Crippen molar-refractivity contribution in [2.24, 2.45) is 0 Å². The summed E-state index contributed by atoms with van der Waals surface area (Å²) in [6.07, 6.45) is 4.87. The van der Waals surface area contributed by atoms with Gasteiger partial charge in [0.1, 0.15) is 6.07 Å². The second-order valence-corrected chi connectivity index (χ2v) is 7.56. The van der Waals surface area contributed by atoms with Crippen LogP contribution in [0.4, 0.5) is 5.69 Å². The third kappa shape index (κ3) is 6.38. The van der Waals surface area contributed by atoms with Crippen molar-refractivity contribution in [3.63, 3.8) is 0 Å². The van der Waals surface area contributed by atoms with Crippen molar-refractivity contribution in [3.8, 4) is 6.07 Å². The molecule has 2 aromatic carbocycles. The molecular formula is C25H30N2O4. The molecule has 1 aliphatic rings. The Morgan fingerprint density at radius 1 is 1.06 bits per heavy atom. The van der Waals surface area contributed by atoms with E-state index in [1.165, 1.54) is 0 Å². The highest BCUT2D eigenvalue weighted by atomic mass is 16.5. The third-order valence-electron chi connectivity index (χ3n) is 5.37. The average Bonchev–Trinajstić information content (AvgIpc) is 3.33. The van der Waals surface area contributed by atoms with Crippen LogP contribution in [0.3, 0.4) is 0 Å². The molecule has 0 saturated carbocycles. The molecule has 0 amide bonds. The molecule has 6 heteroatoms. The summed E-state index contributed by atoms with van der Waals surface area (Å²) in [5.74, 6) is -0.164. The second-order valence-electron chi connectivity index (χ2n) is 7.56. The van der Waals surface area contributed by atoms with E-state index in [0.29, 0.717) is 32.8 Å². The van der Waals surface area contributed by atoms with Gasteiger partial charge < -0.3 is 19.5 Å². The van der Waals surface area contributed by atoms with Crippen LogP contribution in [0.5, 0.6) is 0 Å². The molecule has 0 aliphatic carbocycles. The predicted octanol–water partition coefficient (Wildman–Crippen LogP) is 3.72. The lowest BCUT2D eigenvalue weighted by Crippen LogP contribution is -2.19. The first-order valence-corrected chi connectivity index (χ1v) is 10.9. The van der Waals surface area contributed by atoms with E-state index in [4.69, 9.17) is 14.6 Å². The van der Waals surface area contributed by atoms with Gasteiger partial charge in [-0.1, -0.05) is 36.4 Å². The Labute approximate surface area is 183 Å². The van der Waals surface area contributed by atoms with Crippen molar-refractivity contribution in [3.05, 3.63) is 47.5 Å². The zero-order valence-corrected chi connectivity index (χ0v) is 17.9. The van der Waals surface area contributed by atoms with Gasteiger partial charge in [-0.3, -0.25) is 4.79 Å². The number of nitriles is 1.